The van der Waals surface area contributed by atoms with E-state index in [2.05, 4.69) is 10.3 Å². The minimum atomic E-state index is -0.121. The van der Waals surface area contributed by atoms with E-state index in [1.807, 2.05) is 18.2 Å². The zero-order valence-corrected chi connectivity index (χ0v) is 12.2. The first kappa shape index (κ1) is 13.1. The van der Waals surface area contributed by atoms with E-state index in [1.54, 1.807) is 18.3 Å². The summed E-state index contributed by atoms with van der Waals surface area (Å²) in [6.07, 6.45) is 2.75. The maximum atomic E-state index is 11.0. The Balaban J connectivity index is 1.58. The zero-order valence-electron chi connectivity index (χ0n) is 12.2. The lowest BCUT2D eigenvalue weighted by atomic mass is 10.0. The molecule has 1 saturated carbocycles. The normalized spacial score (nSPS) is 21.1. The SMILES string of the molecule is CC(=O)Nc1ccc(Oc2cccc3c2C2CC2CO3)nc1. The number of hydrogen-bond donors (Lipinski definition) is 1. The molecule has 1 aliphatic heterocycles. The lowest BCUT2D eigenvalue weighted by molar-refractivity contribution is -0.114. The number of carbonyl (C=O) groups is 1. The van der Waals surface area contributed by atoms with Crippen molar-refractivity contribution in [3.63, 3.8) is 0 Å². The van der Waals surface area contributed by atoms with Crippen LogP contribution in [0.3, 0.4) is 0 Å². The number of aromatic nitrogens is 1. The second-order valence-corrected chi connectivity index (χ2v) is 5.75. The van der Waals surface area contributed by atoms with E-state index in [0.29, 0.717) is 23.4 Å². The largest absolute Gasteiger partial charge is 0.493 e. The Labute approximate surface area is 128 Å². The Morgan fingerprint density at radius 2 is 2.27 bits per heavy atom. The molecule has 1 aromatic heterocycles. The number of benzene rings is 1. The molecule has 2 aliphatic rings. The number of hydrogen-bond acceptors (Lipinski definition) is 4. The smallest absolute Gasteiger partial charge is 0.221 e. The van der Waals surface area contributed by atoms with Crippen LogP contribution in [-0.2, 0) is 4.79 Å². The van der Waals surface area contributed by atoms with Crippen molar-refractivity contribution in [3.8, 4) is 17.4 Å². The topological polar surface area (TPSA) is 60.5 Å². The van der Waals surface area contributed by atoms with Crippen LogP contribution in [0.4, 0.5) is 5.69 Å². The summed E-state index contributed by atoms with van der Waals surface area (Å²) < 4.78 is 11.7. The van der Waals surface area contributed by atoms with Gasteiger partial charge in [0, 0.05) is 24.5 Å². The van der Waals surface area contributed by atoms with Crippen LogP contribution in [-0.4, -0.2) is 17.5 Å². The highest BCUT2D eigenvalue weighted by molar-refractivity contribution is 5.88. The van der Waals surface area contributed by atoms with Crippen LogP contribution in [0.15, 0.2) is 36.5 Å². The average Bonchev–Trinajstić information content (AvgIpc) is 3.28. The van der Waals surface area contributed by atoms with Gasteiger partial charge < -0.3 is 14.8 Å². The predicted molar refractivity (Wildman–Crippen MR) is 81.4 cm³/mol. The number of pyridine rings is 1. The van der Waals surface area contributed by atoms with Crippen LogP contribution in [0.1, 0.15) is 24.8 Å². The van der Waals surface area contributed by atoms with Crippen LogP contribution in [0, 0.1) is 5.92 Å². The van der Waals surface area contributed by atoms with Gasteiger partial charge >= 0.3 is 0 Å². The number of rotatable bonds is 3. The Morgan fingerprint density at radius 3 is 3.05 bits per heavy atom. The second kappa shape index (κ2) is 5.02. The molecule has 4 rings (SSSR count). The lowest BCUT2D eigenvalue weighted by Crippen LogP contribution is -2.09. The van der Waals surface area contributed by atoms with E-state index < -0.39 is 0 Å². The number of nitrogens with one attached hydrogen (secondary N) is 1. The van der Waals surface area contributed by atoms with E-state index in [0.717, 1.165) is 23.7 Å². The first-order valence-electron chi connectivity index (χ1n) is 7.38. The standard InChI is InChI=1S/C17H16N2O3/c1-10(20)19-12-5-6-16(18-8-12)22-15-4-2-3-14-17(15)13-7-11(13)9-21-14/h2-6,8,11,13H,7,9H2,1H3,(H,19,20). The summed E-state index contributed by atoms with van der Waals surface area (Å²) in [5.41, 5.74) is 1.81. The summed E-state index contributed by atoms with van der Waals surface area (Å²) in [4.78, 5) is 15.2. The van der Waals surface area contributed by atoms with Gasteiger partial charge in [0.1, 0.15) is 11.5 Å². The van der Waals surface area contributed by atoms with Crippen LogP contribution in [0.25, 0.3) is 0 Å². The summed E-state index contributed by atoms with van der Waals surface area (Å²) in [6.45, 7) is 2.28. The molecule has 2 heterocycles. The number of ether oxygens (including phenoxy) is 2. The van der Waals surface area contributed by atoms with Crippen molar-refractivity contribution in [2.75, 3.05) is 11.9 Å². The van der Waals surface area contributed by atoms with Gasteiger partial charge in [-0.1, -0.05) is 6.07 Å². The molecule has 2 aromatic rings. The third-order valence-corrected chi connectivity index (χ3v) is 4.04. The number of amides is 1. The van der Waals surface area contributed by atoms with E-state index in [-0.39, 0.29) is 5.91 Å². The number of fused-ring (bicyclic) bond motifs is 3. The van der Waals surface area contributed by atoms with Gasteiger partial charge in [0.25, 0.3) is 0 Å². The molecule has 2 atom stereocenters. The average molecular weight is 296 g/mol. The van der Waals surface area contributed by atoms with E-state index >= 15 is 0 Å². The fourth-order valence-electron chi connectivity index (χ4n) is 2.92. The zero-order chi connectivity index (χ0) is 15.1. The van der Waals surface area contributed by atoms with E-state index in [4.69, 9.17) is 9.47 Å². The van der Waals surface area contributed by atoms with Crippen molar-refractivity contribution >= 4 is 11.6 Å². The van der Waals surface area contributed by atoms with Gasteiger partial charge in [-0.05, 0) is 30.5 Å². The van der Waals surface area contributed by atoms with Gasteiger partial charge in [0.05, 0.1) is 18.5 Å². The van der Waals surface area contributed by atoms with Crippen molar-refractivity contribution in [3.05, 3.63) is 42.1 Å². The van der Waals surface area contributed by atoms with Gasteiger partial charge in [0.15, 0.2) is 0 Å². The third-order valence-electron chi connectivity index (χ3n) is 4.04. The summed E-state index contributed by atoms with van der Waals surface area (Å²) in [6, 6.07) is 9.40. The van der Waals surface area contributed by atoms with Gasteiger partial charge in [0.2, 0.25) is 11.8 Å². The van der Waals surface area contributed by atoms with Crippen molar-refractivity contribution in [2.45, 2.75) is 19.3 Å². The molecular formula is C17H16N2O3. The quantitative estimate of drug-likeness (QED) is 0.943. The molecule has 0 spiro atoms. The van der Waals surface area contributed by atoms with Gasteiger partial charge in [-0.2, -0.15) is 0 Å². The Kier molecular flexibility index (Phi) is 2.99. The van der Waals surface area contributed by atoms with Crippen molar-refractivity contribution in [1.82, 2.24) is 4.98 Å². The maximum absolute atomic E-state index is 11.0. The molecule has 112 valence electrons. The molecule has 1 aliphatic carbocycles. The highest BCUT2D eigenvalue weighted by atomic mass is 16.5. The molecule has 0 saturated heterocycles. The monoisotopic (exact) mass is 296 g/mol. The molecule has 0 radical (unpaired) electrons. The summed E-state index contributed by atoms with van der Waals surface area (Å²) in [5, 5.41) is 2.68. The highest BCUT2D eigenvalue weighted by Gasteiger charge is 2.45. The highest BCUT2D eigenvalue weighted by Crippen LogP contribution is 2.57. The van der Waals surface area contributed by atoms with Crippen LogP contribution in [0.2, 0.25) is 0 Å². The van der Waals surface area contributed by atoms with Gasteiger partial charge in [-0.25, -0.2) is 4.98 Å². The summed E-state index contributed by atoms with van der Waals surface area (Å²) in [5.74, 6) is 3.30. The fourth-order valence-corrected chi connectivity index (χ4v) is 2.92. The Morgan fingerprint density at radius 1 is 1.36 bits per heavy atom. The molecule has 5 heteroatoms. The minimum Gasteiger partial charge on any atom is -0.493 e. The number of nitrogens with zero attached hydrogens (tertiary/aromatic N) is 1. The molecule has 0 bridgehead atoms. The first-order chi connectivity index (χ1) is 10.7. The third kappa shape index (κ3) is 2.39. The Hall–Kier alpha value is -2.56. The lowest BCUT2D eigenvalue weighted by Gasteiger charge is -2.19. The summed E-state index contributed by atoms with van der Waals surface area (Å²) >= 11 is 0. The number of carbonyl (C=O) groups excluding carboxylic acids is 1. The van der Waals surface area contributed by atoms with Crippen LogP contribution < -0.4 is 14.8 Å². The van der Waals surface area contributed by atoms with E-state index in [9.17, 15) is 4.79 Å². The first-order valence-corrected chi connectivity index (χ1v) is 7.38. The molecule has 1 fully saturated rings. The second-order valence-electron chi connectivity index (χ2n) is 5.75. The van der Waals surface area contributed by atoms with Crippen LogP contribution in [0.5, 0.6) is 17.4 Å². The predicted octanol–water partition coefficient (Wildman–Crippen LogP) is 3.33. The van der Waals surface area contributed by atoms with Gasteiger partial charge in [-0.3, -0.25) is 4.79 Å². The van der Waals surface area contributed by atoms with Crippen molar-refractivity contribution in [1.29, 1.82) is 0 Å². The molecule has 22 heavy (non-hydrogen) atoms. The molecule has 2 unspecified atom stereocenters. The van der Waals surface area contributed by atoms with E-state index in [1.165, 1.54) is 13.3 Å². The molecule has 1 amide bonds. The molecule has 1 aromatic carbocycles. The van der Waals surface area contributed by atoms with Crippen molar-refractivity contribution in [2.24, 2.45) is 5.92 Å². The Bertz CT molecular complexity index is 727. The fraction of sp³-hybridized carbons (Fsp3) is 0.294. The minimum absolute atomic E-state index is 0.121. The van der Waals surface area contributed by atoms with Crippen molar-refractivity contribution < 1.29 is 14.3 Å². The van der Waals surface area contributed by atoms with Crippen LogP contribution >= 0.6 is 0 Å². The summed E-state index contributed by atoms with van der Waals surface area (Å²) in [7, 11) is 0. The molecular weight excluding hydrogens is 280 g/mol. The molecule has 5 nitrogen and oxygen atoms in total. The maximum Gasteiger partial charge on any atom is 0.221 e. The molecule has 1 N–H and O–H groups in total. The number of anilines is 1. The van der Waals surface area contributed by atoms with Gasteiger partial charge in [-0.15, -0.1) is 0 Å².